The Bertz CT molecular complexity index is 964. The van der Waals surface area contributed by atoms with E-state index in [1.807, 2.05) is 16.8 Å². The van der Waals surface area contributed by atoms with Crippen LogP contribution in [0.15, 0.2) is 22.7 Å². The summed E-state index contributed by atoms with van der Waals surface area (Å²) in [7, 11) is 1.69. The maximum atomic E-state index is 5.62. The highest BCUT2D eigenvalue weighted by molar-refractivity contribution is 5.59. The average molecular weight is 367 g/mol. The Hall–Kier alpha value is -2.74. The van der Waals surface area contributed by atoms with Gasteiger partial charge in [0.1, 0.15) is 5.75 Å². The van der Waals surface area contributed by atoms with Crippen molar-refractivity contribution in [2.45, 2.75) is 38.1 Å². The summed E-state index contributed by atoms with van der Waals surface area (Å²) in [4.78, 5) is 4.69. The molecule has 1 aliphatic heterocycles. The first-order valence-electron chi connectivity index (χ1n) is 9.31. The number of fused-ring (bicyclic) bond motifs is 2. The molecule has 0 amide bonds. The standard InChI is InChI=1S/C19H21N5O3/c1-25-9-7-24-16-11-14(2-4-15(16)21-23-24)19-20-18(22-27-19)13-3-5-17-12(10-13)6-8-26-17/h3,5,10,14H,2,4,6-9,11H2,1H3. The van der Waals surface area contributed by atoms with E-state index in [1.54, 1.807) is 7.11 Å². The van der Waals surface area contributed by atoms with Gasteiger partial charge in [0.2, 0.25) is 11.7 Å². The fourth-order valence-corrected chi connectivity index (χ4v) is 3.84. The van der Waals surface area contributed by atoms with Gasteiger partial charge in [0.05, 0.1) is 31.1 Å². The first-order valence-corrected chi connectivity index (χ1v) is 9.31. The van der Waals surface area contributed by atoms with Crippen molar-refractivity contribution in [1.82, 2.24) is 25.1 Å². The van der Waals surface area contributed by atoms with Gasteiger partial charge in [-0.05, 0) is 36.6 Å². The predicted octanol–water partition coefficient (Wildman–Crippen LogP) is 2.18. The summed E-state index contributed by atoms with van der Waals surface area (Å²) >= 11 is 0. The second kappa shape index (κ2) is 6.77. The number of hydrogen-bond acceptors (Lipinski definition) is 7. The van der Waals surface area contributed by atoms with Crippen molar-refractivity contribution in [2.75, 3.05) is 20.3 Å². The number of nitrogens with zero attached hydrogens (tertiary/aromatic N) is 5. The lowest BCUT2D eigenvalue weighted by atomic mass is 9.89. The van der Waals surface area contributed by atoms with Crippen LogP contribution in [0.3, 0.4) is 0 Å². The van der Waals surface area contributed by atoms with Crippen LogP contribution in [0.1, 0.15) is 35.2 Å². The third-order valence-corrected chi connectivity index (χ3v) is 5.33. The van der Waals surface area contributed by atoms with Gasteiger partial charge in [0.15, 0.2) is 0 Å². The van der Waals surface area contributed by atoms with Crippen molar-refractivity contribution in [3.63, 3.8) is 0 Å². The third kappa shape index (κ3) is 2.99. The van der Waals surface area contributed by atoms with E-state index in [1.165, 1.54) is 5.56 Å². The number of methoxy groups -OCH3 is 1. The molecule has 0 spiro atoms. The van der Waals surface area contributed by atoms with Crippen LogP contribution < -0.4 is 4.74 Å². The number of aromatic nitrogens is 5. The van der Waals surface area contributed by atoms with E-state index < -0.39 is 0 Å². The van der Waals surface area contributed by atoms with Gasteiger partial charge in [-0.3, -0.25) is 0 Å². The number of ether oxygens (including phenoxy) is 2. The molecule has 5 rings (SSSR count). The molecule has 0 N–H and O–H groups in total. The fourth-order valence-electron chi connectivity index (χ4n) is 3.84. The number of rotatable bonds is 5. The number of hydrogen-bond donors (Lipinski definition) is 0. The van der Waals surface area contributed by atoms with Crippen LogP contribution in [0.2, 0.25) is 0 Å². The highest BCUT2D eigenvalue weighted by atomic mass is 16.5. The van der Waals surface area contributed by atoms with Gasteiger partial charge in [-0.2, -0.15) is 4.98 Å². The Kier molecular flexibility index (Phi) is 4.12. The Morgan fingerprint density at radius 2 is 2.26 bits per heavy atom. The summed E-state index contributed by atoms with van der Waals surface area (Å²) in [6, 6.07) is 6.07. The SMILES string of the molecule is COCCn1nnc2c1CC(c1nc(-c3ccc4c(c3)CCO4)no1)CC2. The van der Waals surface area contributed by atoms with Crippen LogP contribution in [-0.4, -0.2) is 45.5 Å². The first-order chi connectivity index (χ1) is 13.3. The minimum absolute atomic E-state index is 0.191. The van der Waals surface area contributed by atoms with E-state index in [9.17, 15) is 0 Å². The molecule has 1 aromatic carbocycles. The molecule has 8 heteroatoms. The first kappa shape index (κ1) is 16.4. The predicted molar refractivity (Wildman–Crippen MR) is 95.6 cm³/mol. The van der Waals surface area contributed by atoms with Crippen molar-refractivity contribution in [3.05, 3.63) is 41.0 Å². The van der Waals surface area contributed by atoms with Crippen LogP contribution in [0.4, 0.5) is 0 Å². The van der Waals surface area contributed by atoms with Crippen LogP contribution in [0.5, 0.6) is 5.75 Å². The largest absolute Gasteiger partial charge is 0.493 e. The van der Waals surface area contributed by atoms with E-state index in [-0.39, 0.29) is 5.92 Å². The van der Waals surface area contributed by atoms with Crippen molar-refractivity contribution in [1.29, 1.82) is 0 Å². The van der Waals surface area contributed by atoms with Gasteiger partial charge in [0.25, 0.3) is 0 Å². The molecule has 0 saturated carbocycles. The van der Waals surface area contributed by atoms with Crippen LogP contribution in [0, 0.1) is 0 Å². The molecule has 1 atom stereocenters. The summed E-state index contributed by atoms with van der Waals surface area (Å²) < 4.78 is 18.3. The lowest BCUT2D eigenvalue weighted by molar-refractivity contribution is 0.181. The molecule has 2 aliphatic rings. The second-order valence-electron chi connectivity index (χ2n) is 7.02. The normalized spacial score (nSPS) is 18.2. The van der Waals surface area contributed by atoms with Gasteiger partial charge >= 0.3 is 0 Å². The maximum absolute atomic E-state index is 5.62. The average Bonchev–Trinajstić information content (AvgIpc) is 3.44. The minimum Gasteiger partial charge on any atom is -0.493 e. The molecule has 8 nitrogen and oxygen atoms in total. The summed E-state index contributed by atoms with van der Waals surface area (Å²) in [5, 5.41) is 12.8. The van der Waals surface area contributed by atoms with E-state index in [2.05, 4.69) is 26.5 Å². The van der Waals surface area contributed by atoms with Crippen LogP contribution >= 0.6 is 0 Å². The van der Waals surface area contributed by atoms with Gasteiger partial charge in [-0.25, -0.2) is 4.68 Å². The highest BCUT2D eigenvalue weighted by Gasteiger charge is 2.29. The molecule has 140 valence electrons. The monoisotopic (exact) mass is 367 g/mol. The van der Waals surface area contributed by atoms with Gasteiger partial charge < -0.3 is 14.0 Å². The van der Waals surface area contributed by atoms with Gasteiger partial charge in [-0.1, -0.05) is 10.4 Å². The Labute approximate surface area is 156 Å². The summed E-state index contributed by atoms with van der Waals surface area (Å²) in [6.07, 6.45) is 3.56. The Morgan fingerprint density at radius 1 is 1.30 bits per heavy atom. The van der Waals surface area contributed by atoms with Crippen LogP contribution in [0.25, 0.3) is 11.4 Å². The molecule has 1 unspecified atom stereocenters. The van der Waals surface area contributed by atoms with Gasteiger partial charge in [-0.15, -0.1) is 5.10 Å². The second-order valence-corrected chi connectivity index (χ2v) is 7.02. The molecule has 0 fully saturated rings. The zero-order valence-corrected chi connectivity index (χ0v) is 15.2. The van der Waals surface area contributed by atoms with Crippen molar-refractivity contribution < 1.29 is 14.0 Å². The Morgan fingerprint density at radius 3 is 3.19 bits per heavy atom. The van der Waals surface area contributed by atoms with E-state index in [0.717, 1.165) is 55.0 Å². The molecule has 3 heterocycles. The smallest absolute Gasteiger partial charge is 0.230 e. The quantitative estimate of drug-likeness (QED) is 0.683. The maximum Gasteiger partial charge on any atom is 0.230 e. The summed E-state index contributed by atoms with van der Waals surface area (Å²) in [5.41, 5.74) is 4.39. The highest BCUT2D eigenvalue weighted by Crippen LogP contribution is 2.33. The Balaban J connectivity index is 1.37. The fraction of sp³-hybridized carbons (Fsp3) is 0.474. The lowest BCUT2D eigenvalue weighted by Gasteiger charge is -2.19. The molecule has 1 aliphatic carbocycles. The van der Waals surface area contributed by atoms with Crippen molar-refractivity contribution >= 4 is 0 Å². The number of aryl methyl sites for hydroxylation is 1. The summed E-state index contributed by atoms with van der Waals surface area (Å²) in [5.74, 6) is 2.47. The number of benzene rings is 1. The van der Waals surface area contributed by atoms with Crippen molar-refractivity contribution in [2.24, 2.45) is 0 Å². The van der Waals surface area contributed by atoms with Crippen LogP contribution in [-0.2, 0) is 30.5 Å². The van der Waals surface area contributed by atoms with E-state index >= 15 is 0 Å². The third-order valence-electron chi connectivity index (χ3n) is 5.33. The van der Waals surface area contributed by atoms with E-state index in [4.69, 9.17) is 14.0 Å². The zero-order chi connectivity index (χ0) is 18.2. The molecule has 3 aromatic rings. The molecule has 0 radical (unpaired) electrons. The molecule has 0 bridgehead atoms. The molecular formula is C19H21N5O3. The lowest BCUT2D eigenvalue weighted by Crippen LogP contribution is -2.18. The summed E-state index contributed by atoms with van der Waals surface area (Å²) in [6.45, 7) is 2.07. The van der Waals surface area contributed by atoms with Gasteiger partial charge in [0, 0.05) is 31.4 Å². The molecular weight excluding hydrogens is 346 g/mol. The topological polar surface area (TPSA) is 88.1 Å². The molecule has 0 saturated heterocycles. The minimum atomic E-state index is 0.191. The van der Waals surface area contributed by atoms with E-state index in [0.29, 0.717) is 24.9 Å². The van der Waals surface area contributed by atoms with Crippen molar-refractivity contribution in [3.8, 4) is 17.1 Å². The molecule has 27 heavy (non-hydrogen) atoms. The molecule has 2 aromatic heterocycles. The zero-order valence-electron chi connectivity index (χ0n) is 15.2.